The highest BCUT2D eigenvalue weighted by Gasteiger charge is 2.16. The van der Waals surface area contributed by atoms with Crippen LogP contribution in [-0.4, -0.2) is 0 Å². The van der Waals surface area contributed by atoms with Crippen molar-refractivity contribution in [3.8, 4) is 11.1 Å². The second-order valence-electron chi connectivity index (χ2n) is 5.83. The van der Waals surface area contributed by atoms with Crippen LogP contribution in [0.1, 0.15) is 42.0 Å². The van der Waals surface area contributed by atoms with Gasteiger partial charge in [0.2, 0.25) is 0 Å². The van der Waals surface area contributed by atoms with Crippen LogP contribution in [0.4, 0.5) is 0 Å². The van der Waals surface area contributed by atoms with Gasteiger partial charge in [0.05, 0.1) is 0 Å². The Kier molecular flexibility index (Phi) is 4.30. The molecule has 21 heavy (non-hydrogen) atoms. The van der Waals surface area contributed by atoms with E-state index in [1.54, 1.807) is 0 Å². The van der Waals surface area contributed by atoms with Gasteiger partial charge in [0.15, 0.2) is 0 Å². The lowest BCUT2D eigenvalue weighted by Gasteiger charge is -2.14. The van der Waals surface area contributed by atoms with Crippen LogP contribution in [0.5, 0.6) is 0 Å². The average Bonchev–Trinajstić information content (AvgIpc) is 2.99. The Labute approximate surface area is 136 Å². The van der Waals surface area contributed by atoms with E-state index < -0.39 is 0 Å². The monoisotopic (exact) mass is 340 g/mol. The van der Waals surface area contributed by atoms with E-state index in [4.69, 9.17) is 0 Å². The number of benzene rings is 2. The zero-order valence-electron chi connectivity index (χ0n) is 12.7. The van der Waals surface area contributed by atoms with Gasteiger partial charge in [-0.2, -0.15) is 0 Å². The number of hydrogen-bond donors (Lipinski definition) is 0. The molecule has 108 valence electrons. The number of fused-ring (bicyclic) bond motifs is 1. The minimum Gasteiger partial charge on any atom is -0.0795 e. The summed E-state index contributed by atoms with van der Waals surface area (Å²) in [6.07, 6.45) is 9.29. The Morgan fingerprint density at radius 2 is 1.90 bits per heavy atom. The summed E-state index contributed by atoms with van der Waals surface area (Å²) in [5, 5.41) is 0. The third-order valence-electron chi connectivity index (χ3n) is 4.37. The van der Waals surface area contributed by atoms with Crippen molar-refractivity contribution in [1.82, 2.24) is 0 Å². The lowest BCUT2D eigenvalue weighted by Crippen LogP contribution is -1.94. The molecular formula is C20H21Br. The fourth-order valence-corrected chi connectivity index (χ4v) is 3.49. The van der Waals surface area contributed by atoms with Crippen LogP contribution in [-0.2, 0) is 12.8 Å². The third kappa shape index (κ3) is 2.85. The molecule has 0 unspecified atom stereocenters. The lowest BCUT2D eigenvalue weighted by atomic mass is 9.93. The van der Waals surface area contributed by atoms with Gasteiger partial charge < -0.3 is 0 Å². The van der Waals surface area contributed by atoms with Crippen LogP contribution in [0.25, 0.3) is 17.2 Å². The second kappa shape index (κ2) is 6.19. The molecule has 0 aliphatic heterocycles. The molecule has 0 aromatic heterocycles. The van der Waals surface area contributed by atoms with Crippen molar-refractivity contribution < 1.29 is 0 Å². The topological polar surface area (TPSA) is 0 Å². The third-order valence-corrected chi connectivity index (χ3v) is 5.20. The van der Waals surface area contributed by atoms with Gasteiger partial charge in [0, 0.05) is 4.47 Å². The van der Waals surface area contributed by atoms with Crippen molar-refractivity contribution in [3.63, 3.8) is 0 Å². The molecule has 0 heterocycles. The molecule has 0 saturated carbocycles. The van der Waals surface area contributed by atoms with Crippen LogP contribution in [0, 0.1) is 6.92 Å². The molecule has 1 heteroatoms. The van der Waals surface area contributed by atoms with Gasteiger partial charge in [-0.25, -0.2) is 0 Å². The Hall–Kier alpha value is -1.34. The molecule has 0 N–H and O–H groups in total. The summed E-state index contributed by atoms with van der Waals surface area (Å²) in [4.78, 5) is 0. The van der Waals surface area contributed by atoms with E-state index in [1.807, 2.05) is 0 Å². The fraction of sp³-hybridized carbons (Fsp3) is 0.300. The van der Waals surface area contributed by atoms with Crippen molar-refractivity contribution in [3.05, 3.63) is 63.1 Å². The van der Waals surface area contributed by atoms with E-state index in [2.05, 4.69) is 72.3 Å². The molecule has 0 radical (unpaired) electrons. The van der Waals surface area contributed by atoms with Crippen molar-refractivity contribution in [2.45, 2.75) is 39.5 Å². The van der Waals surface area contributed by atoms with E-state index in [-0.39, 0.29) is 0 Å². The van der Waals surface area contributed by atoms with Crippen molar-refractivity contribution >= 4 is 22.0 Å². The summed E-state index contributed by atoms with van der Waals surface area (Å²) in [6.45, 7) is 4.44. The maximum Gasteiger partial charge on any atom is 0.0216 e. The molecule has 2 aromatic rings. The minimum atomic E-state index is 1.05. The van der Waals surface area contributed by atoms with Gasteiger partial charge in [-0.1, -0.05) is 65.7 Å². The minimum absolute atomic E-state index is 1.05. The zero-order chi connectivity index (χ0) is 14.8. The maximum absolute atomic E-state index is 3.71. The predicted octanol–water partition coefficient (Wildman–Crippen LogP) is 6.34. The van der Waals surface area contributed by atoms with Crippen LogP contribution in [0.3, 0.4) is 0 Å². The lowest BCUT2D eigenvalue weighted by molar-refractivity contribution is 0.795. The molecule has 0 amide bonds. The molecule has 0 saturated heterocycles. The first kappa shape index (κ1) is 14.6. The summed E-state index contributed by atoms with van der Waals surface area (Å²) in [6, 6.07) is 11.4. The highest BCUT2D eigenvalue weighted by Crippen LogP contribution is 2.37. The Morgan fingerprint density at radius 3 is 2.62 bits per heavy atom. The van der Waals surface area contributed by atoms with Gasteiger partial charge in [0.1, 0.15) is 0 Å². The molecule has 1 aliphatic rings. The molecule has 0 spiro atoms. The number of allylic oxidation sites excluding steroid dienone is 1. The van der Waals surface area contributed by atoms with E-state index in [1.165, 1.54) is 57.1 Å². The second-order valence-corrected chi connectivity index (χ2v) is 6.68. The summed E-state index contributed by atoms with van der Waals surface area (Å²) in [5.41, 5.74) is 8.36. The smallest absolute Gasteiger partial charge is 0.0216 e. The Morgan fingerprint density at radius 1 is 1.14 bits per heavy atom. The maximum atomic E-state index is 3.71. The number of hydrogen-bond acceptors (Lipinski definition) is 0. The molecule has 1 aliphatic carbocycles. The number of rotatable bonds is 4. The molecule has 0 nitrogen and oxygen atoms in total. The summed E-state index contributed by atoms with van der Waals surface area (Å²) in [5.74, 6) is 0. The van der Waals surface area contributed by atoms with E-state index >= 15 is 0 Å². The van der Waals surface area contributed by atoms with Crippen LogP contribution < -0.4 is 0 Å². The first-order chi connectivity index (χ1) is 10.2. The first-order valence-corrected chi connectivity index (χ1v) is 8.58. The molecule has 2 aromatic carbocycles. The summed E-state index contributed by atoms with van der Waals surface area (Å²) in [7, 11) is 0. The Balaban J connectivity index is 1.98. The standard InChI is InChI=1S/C20H21Br/c1-3-4-6-15-9-11-16(12-10-15)19-13-20(21)14(2)17-7-5-8-18(17)19/h5,7,9-13H,3-4,6,8H2,1-2H3. The van der Waals surface area contributed by atoms with Crippen LogP contribution in [0.2, 0.25) is 0 Å². The van der Waals surface area contributed by atoms with E-state index in [0.717, 1.165) is 6.42 Å². The van der Waals surface area contributed by atoms with Crippen molar-refractivity contribution in [1.29, 1.82) is 0 Å². The van der Waals surface area contributed by atoms with Gasteiger partial charge in [-0.15, -0.1) is 0 Å². The molecular weight excluding hydrogens is 320 g/mol. The number of unbranched alkanes of at least 4 members (excludes halogenated alkanes) is 1. The van der Waals surface area contributed by atoms with Gasteiger partial charge in [-0.05, 0) is 65.6 Å². The first-order valence-electron chi connectivity index (χ1n) is 7.78. The largest absolute Gasteiger partial charge is 0.0795 e. The van der Waals surface area contributed by atoms with Gasteiger partial charge >= 0.3 is 0 Å². The van der Waals surface area contributed by atoms with Gasteiger partial charge in [-0.3, -0.25) is 0 Å². The van der Waals surface area contributed by atoms with E-state index in [0.29, 0.717) is 0 Å². The normalized spacial score (nSPS) is 12.7. The van der Waals surface area contributed by atoms with Crippen LogP contribution in [0.15, 0.2) is 40.9 Å². The Bertz CT molecular complexity index is 678. The van der Waals surface area contributed by atoms with Crippen molar-refractivity contribution in [2.75, 3.05) is 0 Å². The molecule has 3 rings (SSSR count). The highest BCUT2D eigenvalue weighted by molar-refractivity contribution is 9.10. The molecule has 0 bridgehead atoms. The highest BCUT2D eigenvalue weighted by atomic mass is 79.9. The average molecular weight is 341 g/mol. The summed E-state index contributed by atoms with van der Waals surface area (Å²) >= 11 is 3.71. The number of aryl methyl sites for hydroxylation is 1. The molecule has 0 atom stereocenters. The number of halogens is 1. The zero-order valence-corrected chi connectivity index (χ0v) is 14.3. The summed E-state index contributed by atoms with van der Waals surface area (Å²) < 4.78 is 1.21. The quantitative estimate of drug-likeness (QED) is 0.609. The van der Waals surface area contributed by atoms with Crippen LogP contribution >= 0.6 is 15.9 Å². The fourth-order valence-electron chi connectivity index (χ4n) is 3.05. The molecule has 0 fully saturated rings. The van der Waals surface area contributed by atoms with Crippen molar-refractivity contribution in [2.24, 2.45) is 0 Å². The SMILES string of the molecule is CCCCc1ccc(-c2cc(Br)c(C)c3c2CC=C3)cc1. The van der Waals surface area contributed by atoms with E-state index in [9.17, 15) is 0 Å². The predicted molar refractivity (Wildman–Crippen MR) is 95.7 cm³/mol. The van der Waals surface area contributed by atoms with Gasteiger partial charge in [0.25, 0.3) is 0 Å².